The van der Waals surface area contributed by atoms with Gasteiger partial charge >= 0.3 is 5.97 Å². The molecule has 6 nitrogen and oxygen atoms in total. The van der Waals surface area contributed by atoms with Crippen molar-refractivity contribution >= 4 is 49.0 Å². The summed E-state index contributed by atoms with van der Waals surface area (Å²) >= 11 is 0. The van der Waals surface area contributed by atoms with Crippen LogP contribution in [0.2, 0.25) is 0 Å². The molecular formula is C19H25Cl3N4O2. The summed E-state index contributed by atoms with van der Waals surface area (Å²) in [6.07, 6.45) is 0. The topological polar surface area (TPSA) is 67.3 Å². The minimum atomic E-state index is -0.463. The minimum Gasteiger partial charge on any atom is -0.465 e. The molecule has 1 aromatic carbocycles. The van der Waals surface area contributed by atoms with Gasteiger partial charge in [0.05, 0.1) is 12.3 Å². The van der Waals surface area contributed by atoms with E-state index in [9.17, 15) is 4.79 Å². The predicted molar refractivity (Wildman–Crippen MR) is 117 cm³/mol. The third-order valence-electron chi connectivity index (χ3n) is 5.25. The van der Waals surface area contributed by atoms with Crippen LogP contribution in [0.3, 0.4) is 0 Å². The lowest BCUT2D eigenvalue weighted by molar-refractivity contribution is -0.154. The third-order valence-corrected chi connectivity index (χ3v) is 5.25. The Balaban J connectivity index is 0.00000131. The van der Waals surface area contributed by atoms with Crippen LogP contribution in [0, 0.1) is 11.3 Å². The number of rotatable bonds is 4. The normalized spacial score (nSPS) is 22.3. The number of ether oxygens (including phenoxy) is 1. The van der Waals surface area contributed by atoms with Crippen LogP contribution in [0.15, 0.2) is 42.5 Å². The second-order valence-corrected chi connectivity index (χ2v) is 6.73. The lowest BCUT2D eigenvalue weighted by Gasteiger charge is -2.25. The predicted octanol–water partition coefficient (Wildman–Crippen LogP) is 3.00. The zero-order valence-corrected chi connectivity index (χ0v) is 18.0. The number of aromatic nitrogens is 2. The molecule has 0 bridgehead atoms. The van der Waals surface area contributed by atoms with Crippen LogP contribution in [0.25, 0.3) is 11.3 Å². The Hall–Kier alpha value is -1.60. The largest absolute Gasteiger partial charge is 0.465 e. The molecule has 9 heteroatoms. The molecule has 1 aromatic heterocycles. The van der Waals surface area contributed by atoms with Crippen molar-refractivity contribution in [1.29, 1.82) is 0 Å². The van der Waals surface area contributed by atoms with E-state index in [0.29, 0.717) is 19.7 Å². The van der Waals surface area contributed by atoms with Gasteiger partial charge in [-0.15, -0.1) is 47.4 Å². The van der Waals surface area contributed by atoms with Crippen LogP contribution in [0.1, 0.15) is 6.92 Å². The number of carbonyl (C=O) groups is 1. The summed E-state index contributed by atoms with van der Waals surface area (Å²) in [5.41, 5.74) is 1.44. The van der Waals surface area contributed by atoms with E-state index < -0.39 is 5.41 Å². The van der Waals surface area contributed by atoms with Crippen LogP contribution < -0.4 is 10.2 Å². The number of benzene rings is 1. The Morgan fingerprint density at radius 1 is 1.18 bits per heavy atom. The molecule has 0 saturated carbocycles. The monoisotopic (exact) mass is 446 g/mol. The Morgan fingerprint density at radius 3 is 2.57 bits per heavy atom. The summed E-state index contributed by atoms with van der Waals surface area (Å²) in [6, 6.07) is 14.0. The van der Waals surface area contributed by atoms with Crippen LogP contribution in [-0.2, 0) is 9.53 Å². The number of fused-ring (bicyclic) bond motifs is 1. The first-order valence-electron chi connectivity index (χ1n) is 8.75. The molecule has 0 spiro atoms. The van der Waals surface area contributed by atoms with Crippen molar-refractivity contribution in [2.45, 2.75) is 6.92 Å². The highest BCUT2D eigenvalue weighted by atomic mass is 35.5. The second kappa shape index (κ2) is 10.3. The standard InChI is InChI=1S/C19H22N4O2.3ClH/c1-2-25-18(24)19-12-20-10-15(19)11-23(13-19)17-9-8-16(21-22-17)14-6-4-3-5-7-14;;;/h3-9,15,20H,2,10-13H2,1H3;3*1H. The summed E-state index contributed by atoms with van der Waals surface area (Å²) in [5, 5.41) is 12.1. The van der Waals surface area contributed by atoms with Crippen molar-refractivity contribution in [2.75, 3.05) is 37.7 Å². The molecule has 2 saturated heterocycles. The van der Waals surface area contributed by atoms with Crippen molar-refractivity contribution in [3.63, 3.8) is 0 Å². The van der Waals surface area contributed by atoms with Gasteiger partial charge in [0.25, 0.3) is 0 Å². The SMILES string of the molecule is CCOC(=O)C12CNCC1CN(c1ccc(-c3ccccc3)nn1)C2.Cl.Cl.Cl. The van der Waals surface area contributed by atoms with Crippen LogP contribution in [0.5, 0.6) is 0 Å². The molecule has 1 N–H and O–H groups in total. The Kier molecular flexibility index (Phi) is 8.95. The lowest BCUT2D eigenvalue weighted by Crippen LogP contribution is -2.41. The molecule has 2 aromatic rings. The fourth-order valence-electron chi connectivity index (χ4n) is 3.91. The molecule has 2 fully saturated rings. The molecule has 2 aliphatic rings. The van der Waals surface area contributed by atoms with Crippen LogP contribution in [0.4, 0.5) is 5.82 Å². The quantitative estimate of drug-likeness (QED) is 0.727. The fourth-order valence-corrected chi connectivity index (χ4v) is 3.91. The molecule has 4 rings (SSSR count). The van der Waals surface area contributed by atoms with Gasteiger partial charge in [-0.2, -0.15) is 0 Å². The highest BCUT2D eigenvalue weighted by molar-refractivity contribution is 5.86. The van der Waals surface area contributed by atoms with Gasteiger partial charge in [0, 0.05) is 37.7 Å². The average Bonchev–Trinajstić information content (AvgIpc) is 3.21. The second-order valence-electron chi connectivity index (χ2n) is 6.73. The van der Waals surface area contributed by atoms with Crippen molar-refractivity contribution in [3.05, 3.63) is 42.5 Å². The molecule has 3 heterocycles. The van der Waals surface area contributed by atoms with Crippen LogP contribution in [-0.4, -0.2) is 49.0 Å². The van der Waals surface area contributed by atoms with Gasteiger partial charge in [0.1, 0.15) is 5.41 Å². The van der Waals surface area contributed by atoms with E-state index in [2.05, 4.69) is 20.4 Å². The molecule has 28 heavy (non-hydrogen) atoms. The van der Waals surface area contributed by atoms with Gasteiger partial charge in [-0.05, 0) is 19.1 Å². The van der Waals surface area contributed by atoms with Gasteiger partial charge in [-0.1, -0.05) is 30.3 Å². The Morgan fingerprint density at radius 2 is 1.93 bits per heavy atom. The van der Waals surface area contributed by atoms with E-state index in [4.69, 9.17) is 4.74 Å². The maximum atomic E-state index is 12.5. The van der Waals surface area contributed by atoms with E-state index in [1.807, 2.05) is 49.4 Å². The minimum absolute atomic E-state index is 0. The van der Waals surface area contributed by atoms with E-state index in [-0.39, 0.29) is 49.1 Å². The molecule has 0 radical (unpaired) electrons. The molecule has 2 unspecified atom stereocenters. The maximum Gasteiger partial charge on any atom is 0.315 e. The van der Waals surface area contributed by atoms with Crippen LogP contribution >= 0.6 is 37.2 Å². The van der Waals surface area contributed by atoms with Crippen molar-refractivity contribution in [3.8, 4) is 11.3 Å². The number of hydrogen-bond donors (Lipinski definition) is 1. The van der Waals surface area contributed by atoms with Gasteiger partial charge < -0.3 is 15.0 Å². The molecule has 2 atom stereocenters. The van der Waals surface area contributed by atoms with Crippen molar-refractivity contribution in [1.82, 2.24) is 15.5 Å². The Bertz CT molecular complexity index is 764. The zero-order chi connectivity index (χ0) is 17.3. The first-order valence-corrected chi connectivity index (χ1v) is 8.75. The number of nitrogens with one attached hydrogen (secondary N) is 1. The third kappa shape index (κ3) is 4.35. The van der Waals surface area contributed by atoms with E-state index >= 15 is 0 Å². The first-order chi connectivity index (χ1) is 12.2. The highest BCUT2D eigenvalue weighted by Crippen LogP contribution is 2.41. The lowest BCUT2D eigenvalue weighted by atomic mass is 9.81. The molecular weight excluding hydrogens is 423 g/mol. The van der Waals surface area contributed by atoms with Gasteiger partial charge in [0.2, 0.25) is 0 Å². The first kappa shape index (κ1) is 24.4. The Labute approximate surface area is 183 Å². The summed E-state index contributed by atoms with van der Waals surface area (Å²) in [5.74, 6) is 0.973. The van der Waals surface area contributed by atoms with E-state index in [1.165, 1.54) is 0 Å². The van der Waals surface area contributed by atoms with Crippen molar-refractivity contribution < 1.29 is 9.53 Å². The molecule has 2 aliphatic heterocycles. The fraction of sp³-hybridized carbons (Fsp3) is 0.421. The average molecular weight is 448 g/mol. The van der Waals surface area contributed by atoms with Gasteiger partial charge in [-0.25, -0.2) is 0 Å². The smallest absolute Gasteiger partial charge is 0.315 e. The number of carbonyl (C=O) groups excluding carboxylic acids is 1. The molecule has 0 aliphatic carbocycles. The molecule has 0 amide bonds. The van der Waals surface area contributed by atoms with Gasteiger partial charge in [-0.3, -0.25) is 4.79 Å². The van der Waals surface area contributed by atoms with E-state index in [1.54, 1.807) is 0 Å². The summed E-state index contributed by atoms with van der Waals surface area (Å²) in [6.45, 7) is 5.20. The van der Waals surface area contributed by atoms with Gasteiger partial charge in [0.15, 0.2) is 5.82 Å². The number of hydrogen-bond acceptors (Lipinski definition) is 6. The molecule has 154 valence electrons. The highest BCUT2D eigenvalue weighted by Gasteiger charge is 2.56. The summed E-state index contributed by atoms with van der Waals surface area (Å²) in [7, 11) is 0. The maximum absolute atomic E-state index is 12.5. The zero-order valence-electron chi connectivity index (χ0n) is 15.5. The van der Waals surface area contributed by atoms with E-state index in [0.717, 1.165) is 30.2 Å². The van der Waals surface area contributed by atoms with Crippen molar-refractivity contribution in [2.24, 2.45) is 11.3 Å². The number of anilines is 1. The number of halogens is 3. The summed E-state index contributed by atoms with van der Waals surface area (Å²) < 4.78 is 5.35. The summed E-state index contributed by atoms with van der Waals surface area (Å²) in [4.78, 5) is 14.7. The number of nitrogens with zero attached hydrogens (tertiary/aromatic N) is 3. The number of esters is 1.